The van der Waals surface area contributed by atoms with Gasteiger partial charge in [-0.3, -0.25) is 14.4 Å². The third-order valence-corrected chi connectivity index (χ3v) is 8.08. The van der Waals surface area contributed by atoms with Gasteiger partial charge in [0, 0.05) is 43.5 Å². The Morgan fingerprint density at radius 3 is 2.42 bits per heavy atom. The fraction of sp³-hybridized carbons (Fsp3) is 0.519. The van der Waals surface area contributed by atoms with Crippen molar-refractivity contribution in [1.82, 2.24) is 9.80 Å². The molecule has 1 aromatic carbocycles. The number of benzene rings is 1. The number of carbonyl (C=O) groups is 3. The molecule has 1 aromatic rings. The lowest BCUT2D eigenvalue weighted by atomic mass is 9.74. The minimum Gasteiger partial charge on any atom is -0.396 e. The summed E-state index contributed by atoms with van der Waals surface area (Å²) in [4.78, 5) is 47.0. The zero-order valence-corrected chi connectivity index (χ0v) is 21.4. The summed E-state index contributed by atoms with van der Waals surface area (Å²) in [7, 11) is 0. The van der Waals surface area contributed by atoms with Gasteiger partial charge in [0.1, 0.15) is 11.6 Å². The number of hydrogen-bond acceptors (Lipinski definition) is 5. The van der Waals surface area contributed by atoms with E-state index < -0.39 is 29.1 Å². The Balaban J connectivity index is 1.62. The molecule has 3 amide bonds. The summed E-state index contributed by atoms with van der Waals surface area (Å²) in [5.74, 6) is -2.28. The fourth-order valence-corrected chi connectivity index (χ4v) is 6.50. The number of fused-ring (bicyclic) bond motifs is 2. The monoisotopic (exact) mass is 513 g/mol. The van der Waals surface area contributed by atoms with E-state index in [0.717, 1.165) is 6.42 Å². The quantitative estimate of drug-likeness (QED) is 0.590. The maximum Gasteiger partial charge on any atom is 0.253 e. The zero-order chi connectivity index (χ0) is 25.7. The van der Waals surface area contributed by atoms with E-state index in [0.29, 0.717) is 36.8 Å². The first-order valence-corrected chi connectivity index (χ1v) is 13.0. The van der Waals surface area contributed by atoms with Gasteiger partial charge >= 0.3 is 0 Å². The van der Waals surface area contributed by atoms with Gasteiger partial charge in [-0.2, -0.15) is 0 Å². The van der Waals surface area contributed by atoms with Crippen molar-refractivity contribution in [2.45, 2.75) is 43.9 Å². The first-order valence-electron chi connectivity index (χ1n) is 12.6. The van der Waals surface area contributed by atoms with Crippen LogP contribution in [0.15, 0.2) is 48.6 Å². The van der Waals surface area contributed by atoms with Gasteiger partial charge in [0.05, 0.1) is 17.4 Å². The minimum atomic E-state index is -1.29. The van der Waals surface area contributed by atoms with E-state index >= 15 is 0 Å². The molecule has 4 aliphatic rings. The number of halogens is 1. The van der Waals surface area contributed by atoms with Crippen LogP contribution in [0.1, 0.15) is 26.7 Å². The molecule has 2 fully saturated rings. The molecular formula is C27H32ClN3O5. The molecule has 9 heteroatoms. The van der Waals surface area contributed by atoms with Crippen molar-refractivity contribution >= 4 is 35.0 Å². The third-order valence-electron chi connectivity index (χ3n) is 7.83. The second-order valence-electron chi connectivity index (χ2n) is 10.1. The Labute approximate surface area is 216 Å². The third kappa shape index (κ3) is 3.69. The zero-order valence-electron chi connectivity index (χ0n) is 20.6. The molecule has 1 unspecified atom stereocenters. The van der Waals surface area contributed by atoms with Crippen LogP contribution in [0.25, 0.3) is 0 Å². The number of hydrogen-bond donors (Lipinski definition) is 1. The van der Waals surface area contributed by atoms with Crippen LogP contribution < -0.4 is 4.90 Å². The molecule has 5 rings (SSSR count). The number of aliphatic hydroxyl groups is 1. The summed E-state index contributed by atoms with van der Waals surface area (Å²) in [5.41, 5.74) is -1.66. The SMILES string of the molecule is CCCN1CC=C[C@@]2(C)O[C@]34C=CCN(c5ccc(Cl)cc5)C(=O)C3N(CCCO)C(=O)[C@@H]4[C@H]2C1=O. The van der Waals surface area contributed by atoms with Crippen LogP contribution in [0.5, 0.6) is 0 Å². The highest BCUT2D eigenvalue weighted by molar-refractivity contribution is 6.30. The number of rotatable bonds is 6. The highest BCUT2D eigenvalue weighted by Gasteiger charge is 2.74. The second-order valence-corrected chi connectivity index (χ2v) is 10.6. The highest BCUT2D eigenvalue weighted by atomic mass is 35.5. The number of amides is 3. The summed E-state index contributed by atoms with van der Waals surface area (Å²) in [6.07, 6.45) is 8.62. The number of aliphatic hydroxyl groups excluding tert-OH is 1. The first kappa shape index (κ1) is 25.0. The average Bonchev–Trinajstić information content (AvgIpc) is 3.12. The molecule has 0 bridgehead atoms. The van der Waals surface area contributed by atoms with Crippen molar-refractivity contribution in [3.63, 3.8) is 0 Å². The van der Waals surface area contributed by atoms with Gasteiger partial charge in [-0.1, -0.05) is 42.8 Å². The number of ether oxygens (including phenoxy) is 1. The van der Waals surface area contributed by atoms with E-state index in [4.69, 9.17) is 16.3 Å². The first-order chi connectivity index (χ1) is 17.3. The lowest BCUT2D eigenvalue weighted by Gasteiger charge is -2.37. The Hall–Kier alpha value is -2.68. The van der Waals surface area contributed by atoms with E-state index in [1.54, 1.807) is 34.1 Å². The molecule has 2 saturated heterocycles. The highest BCUT2D eigenvalue weighted by Crippen LogP contribution is 2.57. The summed E-state index contributed by atoms with van der Waals surface area (Å²) in [6.45, 7) is 5.28. The molecule has 36 heavy (non-hydrogen) atoms. The Morgan fingerprint density at radius 2 is 1.72 bits per heavy atom. The van der Waals surface area contributed by atoms with Crippen LogP contribution in [0, 0.1) is 11.8 Å². The number of likely N-dealkylation sites (tertiary alicyclic amines) is 1. The smallest absolute Gasteiger partial charge is 0.253 e. The van der Waals surface area contributed by atoms with Gasteiger partial charge in [-0.15, -0.1) is 0 Å². The number of anilines is 1. The van der Waals surface area contributed by atoms with Crippen molar-refractivity contribution in [2.75, 3.05) is 37.7 Å². The molecule has 1 N–H and O–H groups in total. The predicted molar refractivity (Wildman–Crippen MR) is 135 cm³/mol. The van der Waals surface area contributed by atoms with Crippen molar-refractivity contribution in [1.29, 1.82) is 0 Å². The molecule has 4 aliphatic heterocycles. The normalized spacial score (nSPS) is 33.5. The van der Waals surface area contributed by atoms with E-state index in [1.807, 2.05) is 38.2 Å². The van der Waals surface area contributed by atoms with Crippen LogP contribution in [-0.2, 0) is 19.1 Å². The lowest BCUT2D eigenvalue weighted by Crippen LogP contribution is -2.56. The van der Waals surface area contributed by atoms with Crippen molar-refractivity contribution in [3.8, 4) is 0 Å². The van der Waals surface area contributed by atoms with E-state index in [9.17, 15) is 19.5 Å². The summed E-state index contributed by atoms with van der Waals surface area (Å²) >= 11 is 6.07. The van der Waals surface area contributed by atoms with Crippen LogP contribution >= 0.6 is 11.6 Å². The van der Waals surface area contributed by atoms with Crippen LogP contribution in [-0.4, -0.2) is 82.7 Å². The molecule has 8 nitrogen and oxygen atoms in total. The van der Waals surface area contributed by atoms with E-state index in [1.165, 1.54) is 4.90 Å². The molecule has 5 atom stereocenters. The second kappa shape index (κ2) is 9.32. The molecule has 0 saturated carbocycles. The number of carbonyl (C=O) groups excluding carboxylic acids is 3. The molecule has 4 heterocycles. The Kier molecular flexibility index (Phi) is 6.47. The van der Waals surface area contributed by atoms with E-state index in [-0.39, 0.29) is 30.9 Å². The summed E-state index contributed by atoms with van der Waals surface area (Å²) in [6, 6.07) is 6.03. The van der Waals surface area contributed by atoms with Crippen LogP contribution in [0.3, 0.4) is 0 Å². The molecular weight excluding hydrogens is 482 g/mol. The maximum atomic E-state index is 14.2. The molecule has 0 aliphatic carbocycles. The van der Waals surface area contributed by atoms with Crippen molar-refractivity contribution in [3.05, 3.63) is 53.6 Å². The molecule has 0 aromatic heterocycles. The van der Waals surface area contributed by atoms with E-state index in [2.05, 4.69) is 0 Å². The minimum absolute atomic E-state index is 0.118. The van der Waals surface area contributed by atoms with Gasteiger partial charge in [-0.25, -0.2) is 0 Å². The van der Waals surface area contributed by atoms with Gasteiger partial charge in [0.15, 0.2) is 0 Å². The largest absolute Gasteiger partial charge is 0.396 e. The lowest BCUT2D eigenvalue weighted by molar-refractivity contribution is -0.148. The van der Waals surface area contributed by atoms with Gasteiger partial charge in [-0.05, 0) is 44.0 Å². The topological polar surface area (TPSA) is 90.4 Å². The molecule has 0 radical (unpaired) electrons. The van der Waals surface area contributed by atoms with Gasteiger partial charge in [0.2, 0.25) is 11.8 Å². The van der Waals surface area contributed by atoms with Crippen molar-refractivity contribution in [2.24, 2.45) is 11.8 Å². The van der Waals surface area contributed by atoms with Crippen LogP contribution in [0.4, 0.5) is 5.69 Å². The number of nitrogens with zero attached hydrogens (tertiary/aromatic N) is 3. The summed E-state index contributed by atoms with van der Waals surface area (Å²) in [5, 5.41) is 10.1. The average molecular weight is 514 g/mol. The van der Waals surface area contributed by atoms with Crippen molar-refractivity contribution < 1.29 is 24.2 Å². The summed E-state index contributed by atoms with van der Waals surface area (Å²) < 4.78 is 6.76. The Bertz CT molecular complexity index is 1120. The van der Waals surface area contributed by atoms with Gasteiger partial charge in [0.25, 0.3) is 5.91 Å². The standard InChI is InChI=1S/C27H32ClN3O5/c1-3-13-29-14-4-11-26(2)20(23(29)33)21-24(34)31(16-6-17-32)22-25(35)30(15-5-12-27(21,22)36-26)19-9-7-18(28)8-10-19/h4-5,7-12,20-22,32H,3,6,13-17H2,1-2H3/t20-,21-,22?,26+,27-/m0/s1. The molecule has 192 valence electrons. The van der Waals surface area contributed by atoms with Crippen LogP contribution in [0.2, 0.25) is 5.02 Å². The maximum absolute atomic E-state index is 14.2. The fourth-order valence-electron chi connectivity index (χ4n) is 6.38. The predicted octanol–water partition coefficient (Wildman–Crippen LogP) is 2.40. The van der Waals surface area contributed by atoms with Gasteiger partial charge < -0.3 is 24.5 Å². The Morgan fingerprint density at radius 1 is 1.00 bits per heavy atom. The molecule has 1 spiro atoms.